The summed E-state index contributed by atoms with van der Waals surface area (Å²) in [5.74, 6) is -1.66. The van der Waals surface area contributed by atoms with Gasteiger partial charge in [0.2, 0.25) is 5.91 Å². The van der Waals surface area contributed by atoms with Gasteiger partial charge in [-0.1, -0.05) is 27.7 Å². The number of rotatable bonds is 5. The van der Waals surface area contributed by atoms with E-state index in [0.717, 1.165) is 28.0 Å². The third kappa shape index (κ3) is 5.51. The summed E-state index contributed by atoms with van der Waals surface area (Å²) in [6, 6.07) is 4.27. The average Bonchev–Trinajstić information content (AvgIpc) is 3.18. The van der Waals surface area contributed by atoms with Crippen molar-refractivity contribution in [3.8, 4) is 0 Å². The molecule has 0 saturated carbocycles. The molecule has 1 amide bonds. The Labute approximate surface area is 231 Å². The fourth-order valence-corrected chi connectivity index (χ4v) is 6.40. The minimum absolute atomic E-state index is 0. The van der Waals surface area contributed by atoms with Gasteiger partial charge in [-0.25, -0.2) is 17.5 Å². The molecule has 0 spiro atoms. The van der Waals surface area contributed by atoms with Crippen molar-refractivity contribution in [1.82, 2.24) is 4.72 Å². The molecule has 1 atom stereocenters. The second-order valence-corrected chi connectivity index (χ2v) is 12.3. The van der Waals surface area contributed by atoms with Crippen LogP contribution in [0, 0.1) is 5.82 Å². The van der Waals surface area contributed by atoms with Gasteiger partial charge in [0, 0.05) is 0 Å². The maximum Gasteiger partial charge on any atom is 1.00 e. The van der Waals surface area contributed by atoms with Gasteiger partial charge in [0.05, 0.1) is 11.5 Å². The molecule has 1 unspecified atom stereocenters. The van der Waals surface area contributed by atoms with E-state index in [4.69, 9.17) is 0 Å². The smallest absolute Gasteiger partial charge is 1.00 e. The molecule has 166 valence electrons. The number of aliphatic hydroxyl groups is 1. The van der Waals surface area contributed by atoms with Crippen LogP contribution in [0.15, 0.2) is 27.8 Å². The second-order valence-electron chi connectivity index (χ2n) is 9.43. The van der Waals surface area contributed by atoms with Crippen molar-refractivity contribution in [3.05, 3.63) is 51.7 Å². The van der Waals surface area contributed by atoms with Crippen LogP contribution in [-0.2, 0) is 25.8 Å². The fraction of sp³-hybridized carbons (Fsp3) is 0.500. The molecule has 1 heterocycles. The first kappa shape index (κ1) is 27.1. The standard InChI is InChI=1S/C22H28FNO4S2.K.H/c1-12(2)15-8-14(23)9-17-19(15)16(10-21(17,3)4)20(25)24-30(27,28)18-7-13(11-29-18)22(5,6)26;;/h7-9,11-12,16,26H,10H2,1-6H3,(H,24,25);;/q;+1;-1. The predicted octanol–water partition coefficient (Wildman–Crippen LogP) is 1.62. The molecular weight excluding hydrogens is 464 g/mol. The molecule has 0 aliphatic heterocycles. The summed E-state index contributed by atoms with van der Waals surface area (Å²) in [6.45, 7) is 10.9. The predicted molar refractivity (Wildman–Crippen MR) is 117 cm³/mol. The molecule has 0 fully saturated rings. The number of halogens is 1. The molecule has 1 aliphatic rings. The zero-order valence-corrected chi connectivity index (χ0v) is 23.8. The van der Waals surface area contributed by atoms with Gasteiger partial charge in [-0.05, 0) is 77.4 Å². The van der Waals surface area contributed by atoms with Crippen molar-refractivity contribution in [3.63, 3.8) is 0 Å². The number of thiophene rings is 1. The molecule has 2 N–H and O–H groups in total. The number of benzene rings is 1. The zero-order chi connectivity index (χ0) is 22.6. The van der Waals surface area contributed by atoms with Crippen molar-refractivity contribution >= 4 is 27.3 Å². The Hall–Kier alpha value is -0.134. The van der Waals surface area contributed by atoms with Crippen LogP contribution in [0.3, 0.4) is 0 Å². The molecular formula is C22H29FKNO4S2. The van der Waals surface area contributed by atoms with Crippen molar-refractivity contribution in [1.29, 1.82) is 0 Å². The summed E-state index contributed by atoms with van der Waals surface area (Å²) in [5, 5.41) is 11.7. The van der Waals surface area contributed by atoms with Crippen molar-refractivity contribution < 1.29 is 75.5 Å². The maximum absolute atomic E-state index is 14.2. The number of hydrogen-bond donors (Lipinski definition) is 2. The summed E-state index contributed by atoms with van der Waals surface area (Å²) in [5.41, 5.74) is 1.04. The Bertz CT molecular complexity index is 1110. The molecule has 1 aromatic carbocycles. The van der Waals surface area contributed by atoms with Crippen LogP contribution in [0.2, 0.25) is 0 Å². The van der Waals surface area contributed by atoms with E-state index in [2.05, 4.69) is 4.72 Å². The van der Waals surface area contributed by atoms with Gasteiger partial charge in [0.15, 0.2) is 0 Å². The number of carbonyl (C=O) groups excluding carboxylic acids is 1. The molecule has 9 heteroatoms. The first-order chi connectivity index (χ1) is 13.6. The summed E-state index contributed by atoms with van der Waals surface area (Å²) in [7, 11) is -4.08. The van der Waals surface area contributed by atoms with Crippen molar-refractivity contribution in [2.24, 2.45) is 0 Å². The summed E-state index contributed by atoms with van der Waals surface area (Å²) >= 11 is 0.951. The van der Waals surface area contributed by atoms with E-state index in [1.807, 2.05) is 27.7 Å². The second kappa shape index (κ2) is 9.25. The monoisotopic (exact) mass is 493 g/mol. The van der Waals surface area contributed by atoms with Gasteiger partial charge in [-0.15, -0.1) is 11.3 Å². The molecule has 1 aliphatic carbocycles. The molecule has 0 radical (unpaired) electrons. The number of fused-ring (bicyclic) bond motifs is 1. The van der Waals surface area contributed by atoms with Crippen LogP contribution in [0.25, 0.3) is 0 Å². The molecule has 1 aromatic heterocycles. The van der Waals surface area contributed by atoms with E-state index in [1.165, 1.54) is 18.2 Å². The summed E-state index contributed by atoms with van der Waals surface area (Å²) in [4.78, 5) is 13.1. The van der Waals surface area contributed by atoms with Crippen LogP contribution < -0.4 is 56.1 Å². The SMILES string of the molecule is CC(C)c1cc(F)cc2c1C(C(=O)NS(=O)(=O)c1cc(C(C)(C)O)cs1)CC2(C)C.[H-].[K+]. The molecule has 0 saturated heterocycles. The van der Waals surface area contributed by atoms with E-state index in [0.29, 0.717) is 12.0 Å². The number of nitrogens with one attached hydrogen (secondary N) is 1. The minimum atomic E-state index is -4.08. The van der Waals surface area contributed by atoms with Crippen molar-refractivity contribution in [2.75, 3.05) is 0 Å². The Morgan fingerprint density at radius 3 is 2.45 bits per heavy atom. The Balaban J connectivity index is 0.00000256. The average molecular weight is 494 g/mol. The quantitative estimate of drug-likeness (QED) is 0.620. The number of sulfonamides is 1. The zero-order valence-electron chi connectivity index (χ0n) is 20.0. The van der Waals surface area contributed by atoms with Gasteiger partial charge in [0.25, 0.3) is 10.0 Å². The number of amides is 1. The van der Waals surface area contributed by atoms with Gasteiger partial charge in [-0.2, -0.15) is 0 Å². The number of hydrogen-bond acceptors (Lipinski definition) is 5. The van der Waals surface area contributed by atoms with E-state index >= 15 is 0 Å². The maximum atomic E-state index is 14.2. The van der Waals surface area contributed by atoms with Gasteiger partial charge >= 0.3 is 51.4 Å². The Kier molecular flexibility index (Phi) is 8.09. The summed E-state index contributed by atoms with van der Waals surface area (Å²) < 4.78 is 42.0. The van der Waals surface area contributed by atoms with Crippen molar-refractivity contribution in [2.45, 2.75) is 75.0 Å². The normalized spacial score (nSPS) is 17.9. The van der Waals surface area contributed by atoms with Crippen LogP contribution in [0.5, 0.6) is 0 Å². The third-order valence-corrected chi connectivity index (χ3v) is 8.48. The largest absolute Gasteiger partial charge is 1.00 e. The Morgan fingerprint density at radius 2 is 1.94 bits per heavy atom. The van der Waals surface area contributed by atoms with Crippen LogP contribution in [0.1, 0.15) is 83.5 Å². The van der Waals surface area contributed by atoms with Crippen LogP contribution in [0.4, 0.5) is 4.39 Å². The fourth-order valence-electron chi connectivity index (χ4n) is 4.04. The van der Waals surface area contributed by atoms with E-state index in [9.17, 15) is 22.7 Å². The first-order valence-corrected chi connectivity index (χ1v) is 12.2. The van der Waals surface area contributed by atoms with Crippen LogP contribution in [-0.4, -0.2) is 19.4 Å². The van der Waals surface area contributed by atoms with E-state index < -0.39 is 32.9 Å². The van der Waals surface area contributed by atoms with Crippen LogP contribution >= 0.6 is 11.3 Å². The first-order valence-electron chi connectivity index (χ1n) is 9.85. The van der Waals surface area contributed by atoms with E-state index in [1.54, 1.807) is 19.2 Å². The molecule has 0 bridgehead atoms. The Morgan fingerprint density at radius 1 is 1.32 bits per heavy atom. The minimum Gasteiger partial charge on any atom is -1.00 e. The molecule has 5 nitrogen and oxygen atoms in total. The third-order valence-electron chi connectivity index (χ3n) is 5.69. The topological polar surface area (TPSA) is 83.5 Å². The molecule has 31 heavy (non-hydrogen) atoms. The summed E-state index contributed by atoms with van der Waals surface area (Å²) in [6.07, 6.45) is 0.395. The van der Waals surface area contributed by atoms with E-state index in [-0.39, 0.29) is 68.8 Å². The molecule has 2 aromatic rings. The van der Waals surface area contributed by atoms with Gasteiger partial charge < -0.3 is 6.53 Å². The van der Waals surface area contributed by atoms with Gasteiger partial charge in [-0.3, -0.25) is 4.79 Å². The van der Waals surface area contributed by atoms with Gasteiger partial charge in [0.1, 0.15) is 10.0 Å². The number of carbonyl (C=O) groups is 1. The molecule has 3 rings (SSSR count).